The van der Waals surface area contributed by atoms with Gasteiger partial charge in [-0.15, -0.1) is 0 Å². The molecule has 0 unspecified atom stereocenters. The molecule has 0 radical (unpaired) electrons. The second-order valence-electron chi connectivity index (χ2n) is 5.47. The van der Waals surface area contributed by atoms with Crippen molar-refractivity contribution in [2.45, 2.75) is 12.8 Å². The van der Waals surface area contributed by atoms with E-state index in [1.54, 1.807) is 0 Å². The van der Waals surface area contributed by atoms with Crippen molar-refractivity contribution in [3.8, 4) is 6.07 Å². The molecule has 0 amide bonds. The highest BCUT2D eigenvalue weighted by molar-refractivity contribution is 6.30. The Balaban J connectivity index is 1.85. The van der Waals surface area contributed by atoms with Crippen molar-refractivity contribution in [2.24, 2.45) is 0 Å². The van der Waals surface area contributed by atoms with Crippen molar-refractivity contribution >= 4 is 28.9 Å². The Labute approximate surface area is 136 Å². The van der Waals surface area contributed by atoms with Crippen LogP contribution in [0.2, 0.25) is 5.02 Å². The van der Waals surface area contributed by atoms with E-state index in [2.05, 4.69) is 35.2 Å². The van der Waals surface area contributed by atoms with Crippen LogP contribution in [0.4, 0.5) is 5.69 Å². The van der Waals surface area contributed by atoms with Crippen LogP contribution in [0.3, 0.4) is 0 Å². The number of anilines is 1. The van der Waals surface area contributed by atoms with E-state index in [1.165, 1.54) is 18.5 Å². The number of nitriles is 1. The van der Waals surface area contributed by atoms with Gasteiger partial charge in [-0.3, -0.25) is 0 Å². The molecule has 0 N–H and O–H groups in total. The summed E-state index contributed by atoms with van der Waals surface area (Å²) in [6.45, 7) is 2.28. The van der Waals surface area contributed by atoms with Gasteiger partial charge in [0.05, 0.1) is 11.6 Å². The average Bonchev–Trinajstić information content (AvgIpc) is 3.07. The van der Waals surface area contributed by atoms with E-state index in [0.29, 0.717) is 10.6 Å². The molecule has 3 rings (SSSR count). The molecule has 3 heteroatoms. The van der Waals surface area contributed by atoms with Crippen LogP contribution >= 0.6 is 11.6 Å². The summed E-state index contributed by atoms with van der Waals surface area (Å²) >= 11 is 6.00. The lowest BCUT2D eigenvalue weighted by Crippen LogP contribution is -2.17. The summed E-state index contributed by atoms with van der Waals surface area (Å²) < 4.78 is 0. The zero-order valence-electron chi connectivity index (χ0n) is 12.3. The molecule has 0 saturated carbocycles. The van der Waals surface area contributed by atoms with E-state index in [1.807, 2.05) is 30.3 Å². The van der Waals surface area contributed by atoms with Crippen LogP contribution in [0.5, 0.6) is 0 Å². The van der Waals surface area contributed by atoms with Crippen molar-refractivity contribution < 1.29 is 0 Å². The third kappa shape index (κ3) is 3.32. The summed E-state index contributed by atoms with van der Waals surface area (Å²) in [6, 6.07) is 18.0. The maximum atomic E-state index is 9.39. The van der Waals surface area contributed by atoms with E-state index < -0.39 is 0 Å². The Kier molecular flexibility index (Phi) is 4.46. The fourth-order valence-electron chi connectivity index (χ4n) is 2.76. The fourth-order valence-corrected chi connectivity index (χ4v) is 2.95. The summed E-state index contributed by atoms with van der Waals surface area (Å²) in [5.74, 6) is 0. The van der Waals surface area contributed by atoms with Gasteiger partial charge in [-0.05, 0) is 54.3 Å². The third-order valence-corrected chi connectivity index (χ3v) is 4.17. The molecule has 110 valence electrons. The number of halogens is 1. The van der Waals surface area contributed by atoms with Crippen LogP contribution < -0.4 is 4.90 Å². The van der Waals surface area contributed by atoms with Gasteiger partial charge in [0.25, 0.3) is 0 Å². The van der Waals surface area contributed by atoms with Crippen LogP contribution in [0, 0.1) is 11.3 Å². The molecule has 22 heavy (non-hydrogen) atoms. The summed E-state index contributed by atoms with van der Waals surface area (Å²) in [4.78, 5) is 2.40. The third-order valence-electron chi connectivity index (χ3n) is 3.93. The molecule has 2 aromatic carbocycles. The Morgan fingerprint density at radius 3 is 2.45 bits per heavy atom. The van der Waals surface area contributed by atoms with Crippen molar-refractivity contribution in [3.63, 3.8) is 0 Å². The Bertz CT molecular complexity index is 720. The molecule has 1 fully saturated rings. The van der Waals surface area contributed by atoms with Crippen LogP contribution in [-0.4, -0.2) is 13.1 Å². The molecule has 1 aliphatic heterocycles. The number of nitrogens with zero attached hydrogens (tertiary/aromatic N) is 2. The summed E-state index contributed by atoms with van der Waals surface area (Å²) in [7, 11) is 0. The minimum atomic E-state index is 0.622. The predicted molar refractivity (Wildman–Crippen MR) is 92.8 cm³/mol. The molecule has 1 aliphatic rings. The minimum absolute atomic E-state index is 0.622. The molecule has 0 aromatic heterocycles. The van der Waals surface area contributed by atoms with E-state index in [9.17, 15) is 5.26 Å². The molecular formula is C19H17ClN2. The number of allylic oxidation sites excluding steroid dienone is 1. The molecule has 0 bridgehead atoms. The lowest BCUT2D eigenvalue weighted by atomic mass is 10.0. The maximum Gasteiger partial charge on any atom is 0.0998 e. The standard InChI is InChI=1S/C19H17ClN2/c20-18-5-3-4-16(13-18)17(14-21)12-15-6-8-19(9-7-15)22-10-1-2-11-22/h3-9,12-13H,1-2,10-11H2/b17-12-. The van der Waals surface area contributed by atoms with Crippen molar-refractivity contribution in [1.29, 1.82) is 5.26 Å². The van der Waals surface area contributed by atoms with Gasteiger partial charge in [0.15, 0.2) is 0 Å². The first-order chi connectivity index (χ1) is 10.8. The van der Waals surface area contributed by atoms with Crippen molar-refractivity contribution in [1.82, 2.24) is 0 Å². The van der Waals surface area contributed by atoms with Gasteiger partial charge in [0, 0.05) is 23.8 Å². The topological polar surface area (TPSA) is 27.0 Å². The van der Waals surface area contributed by atoms with Gasteiger partial charge in [-0.2, -0.15) is 5.26 Å². The molecule has 1 heterocycles. The summed E-state index contributed by atoms with van der Waals surface area (Å²) in [6.07, 6.45) is 4.45. The summed E-state index contributed by atoms with van der Waals surface area (Å²) in [5, 5.41) is 10.0. The minimum Gasteiger partial charge on any atom is -0.372 e. The SMILES string of the molecule is N#C/C(=C/c1ccc(N2CCCC2)cc1)c1cccc(Cl)c1. The normalized spacial score (nSPS) is 14.9. The van der Waals surface area contributed by atoms with Crippen molar-refractivity contribution in [2.75, 3.05) is 18.0 Å². The Morgan fingerprint density at radius 1 is 1.09 bits per heavy atom. The van der Waals surface area contributed by atoms with Crippen LogP contribution in [0.1, 0.15) is 24.0 Å². The Hall–Kier alpha value is -2.24. The lowest BCUT2D eigenvalue weighted by Gasteiger charge is -2.17. The smallest absolute Gasteiger partial charge is 0.0998 e. The zero-order valence-corrected chi connectivity index (χ0v) is 13.1. The highest BCUT2D eigenvalue weighted by Gasteiger charge is 2.11. The van der Waals surface area contributed by atoms with Gasteiger partial charge >= 0.3 is 0 Å². The molecular weight excluding hydrogens is 292 g/mol. The highest BCUT2D eigenvalue weighted by Crippen LogP contribution is 2.24. The zero-order chi connectivity index (χ0) is 15.4. The second kappa shape index (κ2) is 6.68. The van der Waals surface area contributed by atoms with E-state index in [-0.39, 0.29) is 0 Å². The van der Waals surface area contributed by atoms with Crippen molar-refractivity contribution in [3.05, 3.63) is 64.7 Å². The first kappa shape index (κ1) is 14.7. The second-order valence-corrected chi connectivity index (χ2v) is 5.90. The highest BCUT2D eigenvalue weighted by atomic mass is 35.5. The van der Waals surface area contributed by atoms with Gasteiger partial charge in [-0.1, -0.05) is 35.9 Å². The molecule has 1 saturated heterocycles. The maximum absolute atomic E-state index is 9.39. The van der Waals surface area contributed by atoms with Gasteiger partial charge in [0.2, 0.25) is 0 Å². The van der Waals surface area contributed by atoms with E-state index >= 15 is 0 Å². The first-order valence-corrected chi connectivity index (χ1v) is 7.87. The van der Waals surface area contributed by atoms with E-state index in [4.69, 9.17) is 11.6 Å². The van der Waals surface area contributed by atoms with Crippen LogP contribution in [-0.2, 0) is 0 Å². The van der Waals surface area contributed by atoms with Gasteiger partial charge < -0.3 is 4.90 Å². The van der Waals surface area contributed by atoms with Gasteiger partial charge in [0.1, 0.15) is 0 Å². The number of rotatable bonds is 3. The first-order valence-electron chi connectivity index (χ1n) is 7.49. The van der Waals surface area contributed by atoms with E-state index in [0.717, 1.165) is 24.2 Å². The average molecular weight is 309 g/mol. The van der Waals surface area contributed by atoms with Crippen LogP contribution in [0.15, 0.2) is 48.5 Å². The monoisotopic (exact) mass is 308 g/mol. The lowest BCUT2D eigenvalue weighted by molar-refractivity contribution is 0.949. The summed E-state index contributed by atoms with van der Waals surface area (Å²) in [5.41, 5.74) is 3.76. The van der Waals surface area contributed by atoms with Gasteiger partial charge in [-0.25, -0.2) is 0 Å². The molecule has 2 nitrogen and oxygen atoms in total. The number of benzene rings is 2. The molecule has 0 atom stereocenters. The predicted octanol–water partition coefficient (Wildman–Crippen LogP) is 5.00. The largest absolute Gasteiger partial charge is 0.372 e. The molecule has 2 aromatic rings. The number of hydrogen-bond donors (Lipinski definition) is 0. The Morgan fingerprint density at radius 2 is 1.82 bits per heavy atom. The molecule has 0 aliphatic carbocycles. The fraction of sp³-hybridized carbons (Fsp3) is 0.211. The van der Waals surface area contributed by atoms with Crippen LogP contribution in [0.25, 0.3) is 11.6 Å². The quantitative estimate of drug-likeness (QED) is 0.589. The molecule has 0 spiro atoms. The number of hydrogen-bond acceptors (Lipinski definition) is 2.